The standard InChI is InChI=1S/C13H12I2O4/c1-3-11(16)18-4-5-19-13(17)9-6-8(2)7-10(14)12(9)15/h3,6-7H,1,4-5H2,2H3. The summed E-state index contributed by atoms with van der Waals surface area (Å²) in [6, 6.07) is 3.77. The van der Waals surface area contributed by atoms with E-state index in [0.29, 0.717) is 5.56 Å². The Hall–Kier alpha value is -0.640. The van der Waals surface area contributed by atoms with Crippen LogP contribution < -0.4 is 0 Å². The van der Waals surface area contributed by atoms with Crippen LogP contribution in [0.15, 0.2) is 24.8 Å². The first-order valence-corrected chi connectivity index (χ1v) is 7.53. The molecule has 0 unspecified atom stereocenters. The van der Waals surface area contributed by atoms with E-state index in [1.807, 2.05) is 13.0 Å². The molecule has 0 heterocycles. The van der Waals surface area contributed by atoms with Gasteiger partial charge in [-0.2, -0.15) is 0 Å². The molecule has 4 nitrogen and oxygen atoms in total. The summed E-state index contributed by atoms with van der Waals surface area (Å²) in [6.45, 7) is 5.24. The zero-order valence-corrected chi connectivity index (χ0v) is 14.6. The summed E-state index contributed by atoms with van der Waals surface area (Å²) >= 11 is 4.28. The molecule has 0 fully saturated rings. The number of carbonyl (C=O) groups is 2. The Kier molecular flexibility index (Phi) is 6.76. The Morgan fingerprint density at radius 3 is 2.53 bits per heavy atom. The van der Waals surface area contributed by atoms with E-state index in [-0.39, 0.29) is 13.2 Å². The molecule has 1 rings (SSSR count). The molecule has 0 atom stereocenters. The molecule has 0 aromatic heterocycles. The van der Waals surface area contributed by atoms with E-state index in [2.05, 4.69) is 51.8 Å². The molecule has 0 bridgehead atoms. The normalized spacial score (nSPS) is 9.84. The molecular weight excluding hydrogens is 474 g/mol. The summed E-state index contributed by atoms with van der Waals surface area (Å²) in [6.07, 6.45) is 1.06. The quantitative estimate of drug-likeness (QED) is 0.278. The van der Waals surface area contributed by atoms with Crippen molar-refractivity contribution >= 4 is 57.1 Å². The van der Waals surface area contributed by atoms with Crippen LogP contribution in [0.3, 0.4) is 0 Å². The fraction of sp³-hybridized carbons (Fsp3) is 0.231. The first-order valence-electron chi connectivity index (χ1n) is 5.37. The lowest BCUT2D eigenvalue weighted by molar-refractivity contribution is -0.138. The van der Waals surface area contributed by atoms with Crippen molar-refractivity contribution in [2.24, 2.45) is 0 Å². The number of rotatable bonds is 5. The fourth-order valence-corrected chi connectivity index (χ4v) is 2.60. The highest BCUT2D eigenvalue weighted by Crippen LogP contribution is 2.22. The van der Waals surface area contributed by atoms with Crippen LogP contribution in [0.5, 0.6) is 0 Å². The molecule has 0 radical (unpaired) electrons. The maximum Gasteiger partial charge on any atom is 0.339 e. The van der Waals surface area contributed by atoms with Gasteiger partial charge in [0, 0.05) is 13.2 Å². The number of esters is 2. The van der Waals surface area contributed by atoms with Crippen molar-refractivity contribution in [1.82, 2.24) is 0 Å². The van der Waals surface area contributed by atoms with Crippen LogP contribution in [0.2, 0.25) is 0 Å². The van der Waals surface area contributed by atoms with Gasteiger partial charge in [0.05, 0.1) is 5.56 Å². The van der Waals surface area contributed by atoms with Gasteiger partial charge >= 0.3 is 11.9 Å². The van der Waals surface area contributed by atoms with Crippen molar-refractivity contribution in [1.29, 1.82) is 0 Å². The largest absolute Gasteiger partial charge is 0.459 e. The molecule has 0 saturated heterocycles. The summed E-state index contributed by atoms with van der Waals surface area (Å²) in [5, 5.41) is 0. The zero-order chi connectivity index (χ0) is 14.4. The monoisotopic (exact) mass is 486 g/mol. The Morgan fingerprint density at radius 1 is 1.26 bits per heavy atom. The molecular formula is C13H12I2O4. The Balaban J connectivity index is 2.59. The van der Waals surface area contributed by atoms with Crippen LogP contribution in [0, 0.1) is 14.1 Å². The smallest absolute Gasteiger partial charge is 0.339 e. The van der Waals surface area contributed by atoms with Gasteiger partial charge in [-0.25, -0.2) is 9.59 Å². The molecule has 0 aliphatic rings. The minimum atomic E-state index is -0.532. The van der Waals surface area contributed by atoms with E-state index in [1.165, 1.54) is 0 Å². The average molecular weight is 486 g/mol. The first-order chi connectivity index (χ1) is 8.95. The number of halogens is 2. The second-order valence-corrected chi connectivity index (χ2v) is 5.86. The van der Waals surface area contributed by atoms with E-state index >= 15 is 0 Å². The maximum absolute atomic E-state index is 11.9. The first kappa shape index (κ1) is 16.4. The molecule has 0 aliphatic heterocycles. The summed E-state index contributed by atoms with van der Waals surface area (Å²) in [7, 11) is 0. The van der Waals surface area contributed by atoms with E-state index in [4.69, 9.17) is 9.47 Å². The molecule has 0 saturated carbocycles. The average Bonchev–Trinajstić information content (AvgIpc) is 2.38. The molecule has 1 aromatic rings. The topological polar surface area (TPSA) is 52.6 Å². The van der Waals surface area contributed by atoms with Crippen LogP contribution in [-0.2, 0) is 14.3 Å². The van der Waals surface area contributed by atoms with Gasteiger partial charge in [0.2, 0.25) is 0 Å². The third-order valence-electron chi connectivity index (χ3n) is 2.12. The highest BCUT2D eigenvalue weighted by Gasteiger charge is 2.14. The van der Waals surface area contributed by atoms with Crippen LogP contribution in [0.25, 0.3) is 0 Å². The van der Waals surface area contributed by atoms with Gasteiger partial charge in [-0.05, 0) is 69.8 Å². The number of carbonyl (C=O) groups excluding carboxylic acids is 2. The number of ether oxygens (including phenoxy) is 2. The molecule has 0 spiro atoms. The van der Waals surface area contributed by atoms with Crippen molar-refractivity contribution in [2.75, 3.05) is 13.2 Å². The predicted molar refractivity (Wildman–Crippen MR) is 88.1 cm³/mol. The van der Waals surface area contributed by atoms with Gasteiger partial charge in [0.25, 0.3) is 0 Å². The van der Waals surface area contributed by atoms with Crippen molar-refractivity contribution in [3.8, 4) is 0 Å². The fourth-order valence-electron chi connectivity index (χ4n) is 1.29. The SMILES string of the molecule is C=CC(=O)OCCOC(=O)c1cc(C)cc(I)c1I. The molecule has 102 valence electrons. The van der Waals surface area contributed by atoms with Gasteiger partial charge < -0.3 is 9.47 Å². The van der Waals surface area contributed by atoms with Crippen LogP contribution in [-0.4, -0.2) is 25.2 Å². The maximum atomic E-state index is 11.9. The number of hydrogen-bond acceptors (Lipinski definition) is 4. The summed E-state index contributed by atoms with van der Waals surface area (Å²) in [5.41, 5.74) is 1.52. The van der Waals surface area contributed by atoms with Gasteiger partial charge in [0.15, 0.2) is 0 Å². The lowest BCUT2D eigenvalue weighted by Gasteiger charge is -2.09. The zero-order valence-electron chi connectivity index (χ0n) is 10.2. The van der Waals surface area contributed by atoms with Gasteiger partial charge in [0.1, 0.15) is 13.2 Å². The molecule has 0 N–H and O–H groups in total. The summed E-state index contributed by atoms with van der Waals surface area (Å²) in [5.74, 6) is -0.948. The van der Waals surface area contributed by atoms with E-state index in [9.17, 15) is 9.59 Å². The summed E-state index contributed by atoms with van der Waals surface area (Å²) < 4.78 is 11.6. The van der Waals surface area contributed by atoms with Crippen molar-refractivity contribution in [3.63, 3.8) is 0 Å². The van der Waals surface area contributed by atoms with E-state index < -0.39 is 11.9 Å². The van der Waals surface area contributed by atoms with E-state index in [1.54, 1.807) is 6.07 Å². The van der Waals surface area contributed by atoms with Crippen molar-refractivity contribution in [2.45, 2.75) is 6.92 Å². The molecule has 0 amide bonds. The van der Waals surface area contributed by atoms with Crippen LogP contribution in [0.4, 0.5) is 0 Å². The Morgan fingerprint density at radius 2 is 1.89 bits per heavy atom. The third-order valence-corrected chi connectivity index (χ3v) is 5.16. The van der Waals surface area contributed by atoms with Crippen LogP contribution >= 0.6 is 45.2 Å². The van der Waals surface area contributed by atoms with Crippen molar-refractivity contribution < 1.29 is 19.1 Å². The summed E-state index contributed by atoms with van der Waals surface area (Å²) in [4.78, 5) is 22.7. The molecule has 1 aromatic carbocycles. The lowest BCUT2D eigenvalue weighted by atomic mass is 10.1. The number of hydrogen-bond donors (Lipinski definition) is 0. The van der Waals surface area contributed by atoms with Gasteiger partial charge in [-0.15, -0.1) is 0 Å². The minimum Gasteiger partial charge on any atom is -0.459 e. The van der Waals surface area contributed by atoms with Crippen LogP contribution in [0.1, 0.15) is 15.9 Å². The molecule has 0 aliphatic carbocycles. The van der Waals surface area contributed by atoms with E-state index in [0.717, 1.165) is 18.8 Å². The number of benzene rings is 1. The third kappa shape index (κ3) is 5.09. The van der Waals surface area contributed by atoms with Gasteiger partial charge in [-0.1, -0.05) is 6.58 Å². The molecule has 19 heavy (non-hydrogen) atoms. The minimum absolute atomic E-state index is 0.0239. The lowest BCUT2D eigenvalue weighted by Crippen LogP contribution is -2.14. The van der Waals surface area contributed by atoms with Gasteiger partial charge in [-0.3, -0.25) is 0 Å². The predicted octanol–water partition coefficient (Wildman–Crippen LogP) is 3.09. The van der Waals surface area contributed by atoms with Crippen molar-refractivity contribution in [3.05, 3.63) is 43.1 Å². The second-order valence-electron chi connectivity index (χ2n) is 3.62. The highest BCUT2D eigenvalue weighted by atomic mass is 127. The Labute approximate surface area is 138 Å². The second kappa shape index (κ2) is 7.83. The number of aryl methyl sites for hydroxylation is 1. The highest BCUT2D eigenvalue weighted by molar-refractivity contribution is 14.1. The Bertz CT molecular complexity index is 512. The molecule has 6 heteroatoms.